The van der Waals surface area contributed by atoms with Gasteiger partial charge in [0.1, 0.15) is 5.75 Å². The van der Waals surface area contributed by atoms with Crippen LogP contribution in [-0.2, 0) is 9.53 Å². The van der Waals surface area contributed by atoms with Crippen LogP contribution >= 0.6 is 23.4 Å². The van der Waals surface area contributed by atoms with Crippen molar-refractivity contribution in [1.29, 1.82) is 0 Å². The van der Waals surface area contributed by atoms with E-state index in [2.05, 4.69) is 20.8 Å². The summed E-state index contributed by atoms with van der Waals surface area (Å²) < 4.78 is 11.8. The first kappa shape index (κ1) is 18.1. The number of benzene rings is 1. The van der Waals surface area contributed by atoms with Crippen molar-refractivity contribution in [3.8, 4) is 5.75 Å². The summed E-state index contributed by atoms with van der Waals surface area (Å²) in [5.41, 5.74) is -0.432. The highest BCUT2D eigenvalue weighted by molar-refractivity contribution is 8.01. The van der Waals surface area contributed by atoms with Crippen molar-refractivity contribution in [2.24, 2.45) is 11.8 Å². The SMILES string of the molecule is CC1CCC2C(C1)OC(C(=O)COc1ccc(Cl)cc1)SC2(C)C. The Bertz CT molecular complexity index is 587. The molecule has 4 unspecified atom stereocenters. The van der Waals surface area contributed by atoms with E-state index in [0.29, 0.717) is 22.6 Å². The lowest BCUT2D eigenvalue weighted by Gasteiger charge is -2.49. The number of Topliss-reactive ketones (excluding diaryl/α,β-unsaturated/α-hetero) is 1. The van der Waals surface area contributed by atoms with E-state index < -0.39 is 5.44 Å². The molecule has 0 N–H and O–H groups in total. The first-order valence-corrected chi connectivity index (χ1v) is 9.85. The number of halogens is 1. The Kier molecular flexibility index (Phi) is 5.48. The first-order valence-electron chi connectivity index (χ1n) is 8.59. The Morgan fingerprint density at radius 3 is 2.75 bits per heavy atom. The number of ketones is 1. The van der Waals surface area contributed by atoms with E-state index in [4.69, 9.17) is 21.1 Å². The van der Waals surface area contributed by atoms with Gasteiger partial charge in [-0.25, -0.2) is 0 Å². The van der Waals surface area contributed by atoms with Gasteiger partial charge in [0.2, 0.25) is 5.78 Å². The minimum Gasteiger partial charge on any atom is -0.486 e. The molecule has 1 aromatic carbocycles. The molecule has 0 bridgehead atoms. The number of ether oxygens (including phenoxy) is 2. The van der Waals surface area contributed by atoms with Crippen LogP contribution in [0.15, 0.2) is 24.3 Å². The second-order valence-corrected chi connectivity index (χ2v) is 9.61. The molecule has 3 rings (SSSR count). The quantitative estimate of drug-likeness (QED) is 0.752. The van der Waals surface area contributed by atoms with Gasteiger partial charge in [-0.15, -0.1) is 11.8 Å². The van der Waals surface area contributed by atoms with Gasteiger partial charge in [0.15, 0.2) is 12.0 Å². The largest absolute Gasteiger partial charge is 0.486 e. The summed E-state index contributed by atoms with van der Waals surface area (Å²) in [6, 6.07) is 7.05. The van der Waals surface area contributed by atoms with E-state index in [9.17, 15) is 4.79 Å². The van der Waals surface area contributed by atoms with Crippen molar-refractivity contribution < 1.29 is 14.3 Å². The summed E-state index contributed by atoms with van der Waals surface area (Å²) in [7, 11) is 0. The third-order valence-corrected chi connectivity index (χ3v) is 6.86. The average molecular weight is 369 g/mol. The maximum Gasteiger partial charge on any atom is 0.209 e. The van der Waals surface area contributed by atoms with Gasteiger partial charge < -0.3 is 9.47 Å². The molecule has 2 aliphatic rings. The van der Waals surface area contributed by atoms with Gasteiger partial charge >= 0.3 is 0 Å². The van der Waals surface area contributed by atoms with E-state index in [1.807, 2.05) is 0 Å². The molecule has 1 heterocycles. The van der Waals surface area contributed by atoms with Crippen molar-refractivity contribution in [3.05, 3.63) is 29.3 Å². The molecule has 1 aromatic rings. The molecule has 2 fully saturated rings. The lowest BCUT2D eigenvalue weighted by molar-refractivity contribution is -0.136. The van der Waals surface area contributed by atoms with Crippen molar-refractivity contribution in [2.45, 2.75) is 56.3 Å². The Morgan fingerprint density at radius 1 is 1.33 bits per heavy atom. The number of rotatable bonds is 4. The molecule has 4 atom stereocenters. The van der Waals surface area contributed by atoms with Crippen LogP contribution < -0.4 is 4.74 Å². The Morgan fingerprint density at radius 2 is 2.04 bits per heavy atom. The molecule has 132 valence electrons. The highest BCUT2D eigenvalue weighted by Gasteiger charge is 2.48. The monoisotopic (exact) mass is 368 g/mol. The second-order valence-electron chi connectivity index (χ2n) is 7.46. The normalized spacial score (nSPS) is 32.0. The first-order chi connectivity index (χ1) is 11.3. The molecule has 0 aromatic heterocycles. The zero-order chi connectivity index (χ0) is 17.3. The molecule has 3 nitrogen and oxygen atoms in total. The van der Waals surface area contributed by atoms with Crippen molar-refractivity contribution in [2.75, 3.05) is 6.61 Å². The summed E-state index contributed by atoms with van der Waals surface area (Å²) in [5.74, 6) is 1.85. The topological polar surface area (TPSA) is 35.5 Å². The summed E-state index contributed by atoms with van der Waals surface area (Å²) in [6.07, 6.45) is 3.69. The number of carbonyl (C=O) groups is 1. The van der Waals surface area contributed by atoms with Crippen LogP contribution in [0.25, 0.3) is 0 Å². The van der Waals surface area contributed by atoms with E-state index in [0.717, 1.165) is 6.42 Å². The summed E-state index contributed by atoms with van der Waals surface area (Å²) in [5, 5.41) is 0.652. The molecule has 1 aliphatic carbocycles. The number of carbonyl (C=O) groups excluding carboxylic acids is 1. The second kappa shape index (κ2) is 7.27. The summed E-state index contributed by atoms with van der Waals surface area (Å²) in [6.45, 7) is 6.79. The van der Waals surface area contributed by atoms with Crippen LogP contribution in [0.1, 0.15) is 40.0 Å². The molecule has 1 saturated heterocycles. The van der Waals surface area contributed by atoms with Crippen molar-refractivity contribution >= 4 is 29.1 Å². The third kappa shape index (κ3) is 4.09. The predicted molar refractivity (Wildman–Crippen MR) is 98.8 cm³/mol. The maximum atomic E-state index is 12.6. The predicted octanol–water partition coefficient (Wildman–Crippen LogP) is 4.96. The number of hydrogen-bond acceptors (Lipinski definition) is 4. The van der Waals surface area contributed by atoms with E-state index in [1.165, 1.54) is 12.8 Å². The molecular formula is C19H25ClO3S. The number of fused-ring (bicyclic) bond motifs is 1. The van der Waals surface area contributed by atoms with Crippen LogP contribution in [0, 0.1) is 11.8 Å². The van der Waals surface area contributed by atoms with Crippen LogP contribution in [-0.4, -0.2) is 28.7 Å². The van der Waals surface area contributed by atoms with Crippen molar-refractivity contribution in [3.63, 3.8) is 0 Å². The van der Waals surface area contributed by atoms with Crippen LogP contribution in [0.5, 0.6) is 5.75 Å². The van der Waals surface area contributed by atoms with Crippen LogP contribution in [0.3, 0.4) is 0 Å². The zero-order valence-electron chi connectivity index (χ0n) is 14.5. The highest BCUT2D eigenvalue weighted by atomic mass is 35.5. The van der Waals surface area contributed by atoms with Gasteiger partial charge in [0.25, 0.3) is 0 Å². The molecule has 1 aliphatic heterocycles. The zero-order valence-corrected chi connectivity index (χ0v) is 16.0. The lowest BCUT2D eigenvalue weighted by Crippen LogP contribution is -2.51. The van der Waals surface area contributed by atoms with Gasteiger partial charge in [-0.05, 0) is 48.9 Å². The summed E-state index contributed by atoms with van der Waals surface area (Å²) >= 11 is 7.51. The van der Waals surface area contributed by atoms with Gasteiger partial charge in [0.05, 0.1) is 6.10 Å². The Hall–Kier alpha value is -0.710. The third-order valence-electron chi connectivity index (χ3n) is 5.11. The van der Waals surface area contributed by atoms with Crippen molar-refractivity contribution in [1.82, 2.24) is 0 Å². The molecule has 1 saturated carbocycles. The molecule has 24 heavy (non-hydrogen) atoms. The molecule has 0 radical (unpaired) electrons. The van der Waals surface area contributed by atoms with E-state index in [-0.39, 0.29) is 23.2 Å². The lowest BCUT2D eigenvalue weighted by atomic mass is 9.75. The van der Waals surface area contributed by atoms with Crippen LogP contribution in [0.4, 0.5) is 0 Å². The van der Waals surface area contributed by atoms with E-state index >= 15 is 0 Å². The smallest absolute Gasteiger partial charge is 0.209 e. The highest BCUT2D eigenvalue weighted by Crippen LogP contribution is 2.50. The van der Waals surface area contributed by atoms with Gasteiger partial charge in [0, 0.05) is 9.77 Å². The van der Waals surface area contributed by atoms with Gasteiger partial charge in [-0.2, -0.15) is 0 Å². The number of hydrogen-bond donors (Lipinski definition) is 0. The standard InChI is InChI=1S/C19H25ClO3S/c1-12-4-9-15-17(10-12)23-18(24-19(15,2)3)16(21)11-22-14-7-5-13(20)6-8-14/h5-8,12,15,17-18H,4,9-11H2,1-3H3. The fourth-order valence-electron chi connectivity index (χ4n) is 3.72. The molecule has 0 spiro atoms. The molecule has 0 amide bonds. The molecule has 5 heteroatoms. The average Bonchev–Trinajstić information content (AvgIpc) is 2.52. The minimum absolute atomic E-state index is 0.000276. The van der Waals surface area contributed by atoms with Gasteiger partial charge in [-0.1, -0.05) is 38.8 Å². The molecular weight excluding hydrogens is 344 g/mol. The van der Waals surface area contributed by atoms with Crippen LogP contribution in [0.2, 0.25) is 5.02 Å². The Balaban J connectivity index is 1.61. The summed E-state index contributed by atoms with van der Waals surface area (Å²) in [4.78, 5) is 12.6. The fraction of sp³-hybridized carbons (Fsp3) is 0.632. The van der Waals surface area contributed by atoms with Gasteiger partial charge in [-0.3, -0.25) is 4.79 Å². The van der Waals surface area contributed by atoms with E-state index in [1.54, 1.807) is 36.0 Å². The minimum atomic E-state index is -0.432. The Labute approximate surface area is 153 Å². The fourth-order valence-corrected chi connectivity index (χ4v) is 5.24. The number of thioether (sulfide) groups is 1. The maximum absolute atomic E-state index is 12.6.